The molecular weight excluding hydrogens is 527 g/mol. The second kappa shape index (κ2) is 11.7. The van der Waals surface area contributed by atoms with E-state index in [-0.39, 0.29) is 18.6 Å². The first kappa shape index (κ1) is 26.6. The van der Waals surface area contributed by atoms with Crippen LogP contribution < -0.4 is 5.32 Å². The highest BCUT2D eigenvalue weighted by atomic mass is 35.5. The van der Waals surface area contributed by atoms with Crippen molar-refractivity contribution in [2.24, 2.45) is 4.99 Å². The molecular formula is C24H26Cl2N4O5S. The van der Waals surface area contributed by atoms with Crippen molar-refractivity contribution in [2.75, 3.05) is 26.8 Å². The number of nitrogens with one attached hydrogen (secondary N) is 1. The van der Waals surface area contributed by atoms with Crippen molar-refractivity contribution in [3.63, 3.8) is 0 Å². The minimum atomic E-state index is -0.867. The molecule has 0 bridgehead atoms. The lowest BCUT2D eigenvalue weighted by Crippen LogP contribution is -2.52. The summed E-state index contributed by atoms with van der Waals surface area (Å²) in [5, 5.41) is 15.9. The number of benzene rings is 1. The topological polar surface area (TPSA) is 113 Å². The van der Waals surface area contributed by atoms with Crippen LogP contribution in [0.1, 0.15) is 36.4 Å². The zero-order valence-corrected chi connectivity index (χ0v) is 22.1. The number of carbonyl (C=O) groups excluding carboxylic acids is 1. The standard InChI is InChI=1S/C24H26Cl2N4O5S/c1-13-18(5-6-19(31)32)30(8-9-35-13)12-17-20(24(33)34-2)21(15-4-3-14(25)11-16(15)26)29-22(28-17)23-27-7-10-36-23/h3-4,7,10-11,13,18,21H,5-6,8-9,12H2,1-2H3,(H,28,29)(H,31,32)/t13-,18-,21+/m1/s1. The Kier molecular flexibility index (Phi) is 8.63. The summed E-state index contributed by atoms with van der Waals surface area (Å²) in [7, 11) is 1.32. The number of morpholine rings is 1. The number of hydrogen-bond acceptors (Lipinski definition) is 9. The first-order valence-electron chi connectivity index (χ1n) is 11.4. The summed E-state index contributed by atoms with van der Waals surface area (Å²) in [6.07, 6.45) is 1.94. The average molecular weight is 553 g/mol. The Morgan fingerprint density at radius 1 is 1.36 bits per heavy atom. The van der Waals surface area contributed by atoms with Gasteiger partial charge in [-0.1, -0.05) is 29.3 Å². The summed E-state index contributed by atoms with van der Waals surface area (Å²) in [4.78, 5) is 35.7. The third kappa shape index (κ3) is 5.90. The normalized spacial score (nSPS) is 22.7. The number of carboxylic acids is 1. The molecule has 0 spiro atoms. The van der Waals surface area contributed by atoms with Gasteiger partial charge in [0.15, 0.2) is 10.8 Å². The molecule has 2 N–H and O–H groups in total. The van der Waals surface area contributed by atoms with Crippen LogP contribution >= 0.6 is 34.5 Å². The van der Waals surface area contributed by atoms with Gasteiger partial charge in [0.05, 0.1) is 25.4 Å². The second-order valence-electron chi connectivity index (χ2n) is 8.44. The number of esters is 1. The SMILES string of the molecule is COC(=O)C1=C(CN2CCO[C@H](C)[C@H]2CCC(=O)O)NC(c2nccs2)=N[C@H]1c1ccc(Cl)cc1Cl. The lowest BCUT2D eigenvalue weighted by atomic mass is 9.94. The van der Waals surface area contributed by atoms with Crippen LogP contribution in [0.25, 0.3) is 0 Å². The number of methoxy groups -OCH3 is 1. The van der Waals surface area contributed by atoms with Crippen LogP contribution in [0.4, 0.5) is 0 Å². The molecule has 12 heteroatoms. The molecule has 9 nitrogen and oxygen atoms in total. The molecule has 0 aliphatic carbocycles. The van der Waals surface area contributed by atoms with E-state index in [1.807, 2.05) is 12.3 Å². The highest BCUT2D eigenvalue weighted by molar-refractivity contribution is 7.11. The number of ether oxygens (including phenoxy) is 2. The minimum Gasteiger partial charge on any atom is -0.481 e. The van der Waals surface area contributed by atoms with Gasteiger partial charge < -0.3 is 19.9 Å². The lowest BCUT2D eigenvalue weighted by molar-refractivity contribution is -0.138. The van der Waals surface area contributed by atoms with Gasteiger partial charge in [-0.3, -0.25) is 14.7 Å². The van der Waals surface area contributed by atoms with Gasteiger partial charge in [-0.2, -0.15) is 0 Å². The van der Waals surface area contributed by atoms with Gasteiger partial charge in [-0.05, 0) is 25.5 Å². The molecule has 0 saturated carbocycles. The van der Waals surface area contributed by atoms with E-state index in [1.54, 1.807) is 24.4 Å². The minimum absolute atomic E-state index is 0.0139. The number of aliphatic carboxylic acids is 1. The van der Waals surface area contributed by atoms with E-state index < -0.39 is 18.0 Å². The molecule has 36 heavy (non-hydrogen) atoms. The molecule has 1 aromatic heterocycles. The average Bonchev–Trinajstić information content (AvgIpc) is 3.38. The fraction of sp³-hybridized carbons (Fsp3) is 0.417. The van der Waals surface area contributed by atoms with E-state index in [0.717, 1.165) is 0 Å². The number of hydrogen-bond donors (Lipinski definition) is 2. The predicted molar refractivity (Wildman–Crippen MR) is 138 cm³/mol. The maximum Gasteiger partial charge on any atom is 0.338 e. The Bertz CT molecular complexity index is 1190. The Balaban J connectivity index is 1.78. The molecule has 0 amide bonds. The van der Waals surface area contributed by atoms with Crippen LogP contribution in [0.15, 0.2) is 46.0 Å². The van der Waals surface area contributed by atoms with Crippen molar-refractivity contribution in [3.05, 3.63) is 61.7 Å². The van der Waals surface area contributed by atoms with Gasteiger partial charge in [-0.15, -0.1) is 11.3 Å². The quantitative estimate of drug-likeness (QED) is 0.473. The number of rotatable bonds is 8. The van der Waals surface area contributed by atoms with Gasteiger partial charge in [0.1, 0.15) is 6.04 Å². The molecule has 0 radical (unpaired) electrons. The van der Waals surface area contributed by atoms with Gasteiger partial charge >= 0.3 is 11.9 Å². The van der Waals surface area contributed by atoms with Crippen molar-refractivity contribution in [1.82, 2.24) is 15.2 Å². The summed E-state index contributed by atoms with van der Waals surface area (Å²) < 4.78 is 11.0. The van der Waals surface area contributed by atoms with Crippen molar-refractivity contribution in [2.45, 2.75) is 38.0 Å². The molecule has 1 saturated heterocycles. The van der Waals surface area contributed by atoms with Crippen LogP contribution in [-0.4, -0.2) is 71.7 Å². The van der Waals surface area contributed by atoms with Gasteiger partial charge in [0.2, 0.25) is 0 Å². The smallest absolute Gasteiger partial charge is 0.338 e. The van der Waals surface area contributed by atoms with Gasteiger partial charge in [0.25, 0.3) is 0 Å². The molecule has 2 aliphatic rings. The van der Waals surface area contributed by atoms with E-state index in [1.165, 1.54) is 18.4 Å². The number of aromatic nitrogens is 1. The van der Waals surface area contributed by atoms with E-state index in [4.69, 9.17) is 37.7 Å². The highest BCUT2D eigenvalue weighted by Crippen LogP contribution is 2.38. The summed E-state index contributed by atoms with van der Waals surface area (Å²) in [5.41, 5.74) is 1.51. The molecule has 4 rings (SSSR count). The molecule has 3 atom stereocenters. The first-order valence-corrected chi connectivity index (χ1v) is 13.0. The third-order valence-corrected chi connectivity index (χ3v) is 7.55. The van der Waals surface area contributed by atoms with E-state index in [0.29, 0.717) is 63.8 Å². The highest BCUT2D eigenvalue weighted by Gasteiger charge is 2.37. The first-order chi connectivity index (χ1) is 17.3. The number of amidine groups is 1. The fourth-order valence-corrected chi connectivity index (χ4v) is 5.59. The summed E-state index contributed by atoms with van der Waals surface area (Å²) >= 11 is 14.1. The Morgan fingerprint density at radius 3 is 2.83 bits per heavy atom. The van der Waals surface area contributed by atoms with Crippen molar-refractivity contribution in [3.8, 4) is 0 Å². The molecule has 0 unspecified atom stereocenters. The molecule has 3 heterocycles. The number of carbonyl (C=O) groups is 2. The number of halogens is 2. The Labute approximate surface area is 222 Å². The Morgan fingerprint density at radius 2 is 2.17 bits per heavy atom. The number of thiazole rings is 1. The molecule has 192 valence electrons. The van der Waals surface area contributed by atoms with E-state index in [2.05, 4.69) is 15.2 Å². The largest absolute Gasteiger partial charge is 0.481 e. The molecule has 1 aromatic carbocycles. The van der Waals surface area contributed by atoms with Crippen molar-refractivity contribution < 1.29 is 24.2 Å². The maximum absolute atomic E-state index is 13.1. The van der Waals surface area contributed by atoms with E-state index >= 15 is 0 Å². The van der Waals surface area contributed by atoms with Crippen LogP contribution in [0, 0.1) is 0 Å². The van der Waals surface area contributed by atoms with Crippen molar-refractivity contribution in [1.29, 1.82) is 0 Å². The summed E-state index contributed by atoms with van der Waals surface area (Å²) in [6, 6.07) is 4.15. The van der Waals surface area contributed by atoms with Crippen LogP contribution in [0.3, 0.4) is 0 Å². The monoisotopic (exact) mass is 552 g/mol. The van der Waals surface area contributed by atoms with E-state index in [9.17, 15) is 14.7 Å². The van der Waals surface area contributed by atoms with Gasteiger partial charge in [-0.25, -0.2) is 9.78 Å². The third-order valence-electron chi connectivity index (χ3n) is 6.21. The van der Waals surface area contributed by atoms with Crippen molar-refractivity contribution >= 4 is 52.3 Å². The summed E-state index contributed by atoms with van der Waals surface area (Å²) in [5.74, 6) is -0.903. The zero-order valence-electron chi connectivity index (χ0n) is 19.7. The predicted octanol–water partition coefficient (Wildman–Crippen LogP) is 3.92. The van der Waals surface area contributed by atoms with Crippen LogP contribution in [0.5, 0.6) is 0 Å². The second-order valence-corrected chi connectivity index (χ2v) is 10.2. The lowest BCUT2D eigenvalue weighted by Gasteiger charge is -2.41. The summed E-state index contributed by atoms with van der Waals surface area (Å²) in [6.45, 7) is 3.33. The van der Waals surface area contributed by atoms with Crippen LogP contribution in [-0.2, 0) is 19.1 Å². The van der Waals surface area contributed by atoms with Gasteiger partial charge in [0, 0.05) is 58.4 Å². The van der Waals surface area contributed by atoms with Crippen LogP contribution in [0.2, 0.25) is 10.0 Å². The Hall–Kier alpha value is -2.50. The molecule has 1 fully saturated rings. The molecule has 2 aliphatic heterocycles. The molecule has 2 aromatic rings. The number of aliphatic imine (C=N–C) groups is 1. The number of carboxylic acid groups (broad SMARTS) is 1. The maximum atomic E-state index is 13.1. The number of nitrogens with zero attached hydrogens (tertiary/aromatic N) is 3. The fourth-order valence-electron chi connectivity index (χ4n) is 4.49. The zero-order chi connectivity index (χ0) is 25.8.